The molecule has 0 saturated carbocycles. The van der Waals surface area contributed by atoms with Gasteiger partial charge in [-0.1, -0.05) is 6.07 Å². The molecule has 126 valence electrons. The van der Waals surface area contributed by atoms with Crippen LogP contribution in [0.3, 0.4) is 0 Å². The number of alkyl halides is 3. The molecular weight excluding hydrogens is 323 g/mol. The van der Waals surface area contributed by atoms with E-state index in [1.54, 1.807) is 19.2 Å². The molecule has 2 aromatic rings. The van der Waals surface area contributed by atoms with E-state index in [0.29, 0.717) is 18.0 Å². The van der Waals surface area contributed by atoms with Gasteiger partial charge in [-0.2, -0.15) is 13.2 Å². The van der Waals surface area contributed by atoms with E-state index >= 15 is 0 Å². The fraction of sp³-hybridized carbons (Fsp3) is 0.235. The standard InChI is InChI=1S/C17H14F3NO3/c1-21(9-11-2-7-14-15(8-11)24-10-23-14)16(22)12-3-5-13(6-4-12)17(18,19)20/h2-8H,9-10H2,1H3. The van der Waals surface area contributed by atoms with Gasteiger partial charge in [0.15, 0.2) is 11.5 Å². The topological polar surface area (TPSA) is 38.8 Å². The highest BCUT2D eigenvalue weighted by Crippen LogP contribution is 2.33. The number of hydrogen-bond acceptors (Lipinski definition) is 3. The van der Waals surface area contributed by atoms with Gasteiger partial charge in [0.2, 0.25) is 6.79 Å². The van der Waals surface area contributed by atoms with Crippen LogP contribution in [0.25, 0.3) is 0 Å². The lowest BCUT2D eigenvalue weighted by molar-refractivity contribution is -0.137. The Bertz CT molecular complexity index is 757. The van der Waals surface area contributed by atoms with E-state index in [1.807, 2.05) is 6.07 Å². The first-order valence-electron chi connectivity index (χ1n) is 7.16. The lowest BCUT2D eigenvalue weighted by atomic mass is 10.1. The zero-order valence-electron chi connectivity index (χ0n) is 12.8. The van der Waals surface area contributed by atoms with Crippen LogP contribution in [0.15, 0.2) is 42.5 Å². The van der Waals surface area contributed by atoms with Crippen molar-refractivity contribution in [3.63, 3.8) is 0 Å². The van der Waals surface area contributed by atoms with Gasteiger partial charge in [-0.15, -0.1) is 0 Å². The van der Waals surface area contributed by atoms with E-state index < -0.39 is 11.7 Å². The number of carbonyl (C=O) groups is 1. The number of rotatable bonds is 3. The highest BCUT2D eigenvalue weighted by atomic mass is 19.4. The summed E-state index contributed by atoms with van der Waals surface area (Å²) in [4.78, 5) is 13.8. The second-order valence-corrected chi connectivity index (χ2v) is 5.42. The fourth-order valence-electron chi connectivity index (χ4n) is 2.41. The van der Waals surface area contributed by atoms with Gasteiger partial charge in [-0.3, -0.25) is 4.79 Å². The summed E-state index contributed by atoms with van der Waals surface area (Å²) in [5.41, 5.74) is 0.255. The molecule has 0 fully saturated rings. The molecule has 7 heteroatoms. The van der Waals surface area contributed by atoms with Gasteiger partial charge in [-0.05, 0) is 42.0 Å². The molecule has 24 heavy (non-hydrogen) atoms. The van der Waals surface area contributed by atoms with Crippen LogP contribution < -0.4 is 9.47 Å². The highest BCUT2D eigenvalue weighted by molar-refractivity contribution is 5.94. The van der Waals surface area contributed by atoms with Gasteiger partial charge >= 0.3 is 6.18 Å². The van der Waals surface area contributed by atoms with E-state index in [9.17, 15) is 18.0 Å². The minimum Gasteiger partial charge on any atom is -0.454 e. The summed E-state index contributed by atoms with van der Waals surface area (Å²) >= 11 is 0. The molecule has 0 aromatic heterocycles. The van der Waals surface area contributed by atoms with E-state index in [-0.39, 0.29) is 18.3 Å². The van der Waals surface area contributed by atoms with Crippen LogP contribution in [0.1, 0.15) is 21.5 Å². The van der Waals surface area contributed by atoms with Gasteiger partial charge < -0.3 is 14.4 Å². The number of carbonyl (C=O) groups excluding carboxylic acids is 1. The molecule has 2 aromatic carbocycles. The van der Waals surface area contributed by atoms with Crippen molar-refractivity contribution in [2.24, 2.45) is 0 Å². The van der Waals surface area contributed by atoms with Gasteiger partial charge in [0.1, 0.15) is 0 Å². The van der Waals surface area contributed by atoms with Crippen LogP contribution in [0.5, 0.6) is 11.5 Å². The molecule has 0 bridgehead atoms. The van der Waals surface area contributed by atoms with Crippen molar-refractivity contribution in [1.82, 2.24) is 4.90 Å². The average molecular weight is 337 g/mol. The van der Waals surface area contributed by atoms with Crippen LogP contribution >= 0.6 is 0 Å². The van der Waals surface area contributed by atoms with Gasteiger partial charge in [0.05, 0.1) is 5.56 Å². The molecule has 1 amide bonds. The second kappa shape index (κ2) is 6.07. The Balaban J connectivity index is 1.70. The molecule has 4 nitrogen and oxygen atoms in total. The lowest BCUT2D eigenvalue weighted by Gasteiger charge is -2.18. The number of ether oxygens (including phenoxy) is 2. The smallest absolute Gasteiger partial charge is 0.416 e. The van der Waals surface area contributed by atoms with Crippen molar-refractivity contribution >= 4 is 5.91 Å². The van der Waals surface area contributed by atoms with Gasteiger partial charge in [0, 0.05) is 19.2 Å². The number of halogens is 3. The molecule has 1 aliphatic heterocycles. The lowest BCUT2D eigenvalue weighted by Crippen LogP contribution is -2.26. The van der Waals surface area contributed by atoms with Crippen LogP contribution in [-0.2, 0) is 12.7 Å². The number of nitrogens with zero attached hydrogens (tertiary/aromatic N) is 1. The third kappa shape index (κ3) is 3.29. The normalized spacial score (nSPS) is 13.0. The summed E-state index contributed by atoms with van der Waals surface area (Å²) in [6.45, 7) is 0.468. The molecule has 1 heterocycles. The summed E-state index contributed by atoms with van der Waals surface area (Å²) in [5.74, 6) is 0.903. The summed E-state index contributed by atoms with van der Waals surface area (Å²) in [7, 11) is 1.59. The Morgan fingerprint density at radius 1 is 1.08 bits per heavy atom. The Morgan fingerprint density at radius 3 is 2.42 bits per heavy atom. The van der Waals surface area contributed by atoms with Crippen LogP contribution in [-0.4, -0.2) is 24.6 Å². The van der Waals surface area contributed by atoms with Crippen molar-refractivity contribution in [1.29, 1.82) is 0 Å². The van der Waals surface area contributed by atoms with Crippen molar-refractivity contribution in [3.05, 3.63) is 59.2 Å². The summed E-state index contributed by atoms with van der Waals surface area (Å²) in [5, 5.41) is 0. The maximum Gasteiger partial charge on any atom is 0.416 e. The maximum atomic E-state index is 12.6. The first kappa shape index (κ1) is 16.2. The Kier molecular flexibility index (Phi) is 4.09. The molecule has 0 N–H and O–H groups in total. The summed E-state index contributed by atoms with van der Waals surface area (Å²) < 4.78 is 48.2. The quantitative estimate of drug-likeness (QED) is 0.857. The predicted octanol–water partition coefficient (Wildman–Crippen LogP) is 3.71. The summed E-state index contributed by atoms with van der Waals surface area (Å²) in [6.07, 6.45) is -4.42. The minimum atomic E-state index is -4.42. The first-order chi connectivity index (χ1) is 11.3. The van der Waals surface area contributed by atoms with E-state index in [4.69, 9.17) is 9.47 Å². The molecule has 0 aliphatic carbocycles. The maximum absolute atomic E-state index is 12.6. The zero-order valence-corrected chi connectivity index (χ0v) is 12.8. The van der Waals surface area contributed by atoms with E-state index in [1.165, 1.54) is 17.0 Å². The SMILES string of the molecule is CN(Cc1ccc2c(c1)OCO2)C(=O)c1ccc(C(F)(F)F)cc1. The van der Waals surface area contributed by atoms with Crippen molar-refractivity contribution in [3.8, 4) is 11.5 Å². The highest BCUT2D eigenvalue weighted by Gasteiger charge is 2.30. The minimum absolute atomic E-state index is 0.166. The number of fused-ring (bicyclic) bond motifs is 1. The Hall–Kier alpha value is -2.70. The van der Waals surface area contributed by atoms with Crippen LogP contribution in [0.4, 0.5) is 13.2 Å². The van der Waals surface area contributed by atoms with Crippen LogP contribution in [0, 0.1) is 0 Å². The van der Waals surface area contributed by atoms with Crippen molar-refractivity contribution < 1.29 is 27.4 Å². The average Bonchev–Trinajstić information content (AvgIpc) is 3.01. The zero-order chi connectivity index (χ0) is 17.3. The van der Waals surface area contributed by atoms with Crippen LogP contribution in [0.2, 0.25) is 0 Å². The first-order valence-corrected chi connectivity index (χ1v) is 7.16. The third-order valence-corrected chi connectivity index (χ3v) is 3.66. The molecular formula is C17H14F3NO3. The van der Waals surface area contributed by atoms with Crippen molar-refractivity contribution in [2.75, 3.05) is 13.8 Å². The predicted molar refractivity (Wildman–Crippen MR) is 79.8 cm³/mol. The molecule has 0 unspecified atom stereocenters. The molecule has 0 saturated heterocycles. The molecule has 0 spiro atoms. The molecule has 0 atom stereocenters. The monoisotopic (exact) mass is 337 g/mol. The molecule has 3 rings (SSSR count). The van der Waals surface area contributed by atoms with Gasteiger partial charge in [-0.25, -0.2) is 0 Å². The molecule has 0 radical (unpaired) electrons. The van der Waals surface area contributed by atoms with E-state index in [2.05, 4.69) is 0 Å². The Labute approximate surface area is 136 Å². The second-order valence-electron chi connectivity index (χ2n) is 5.42. The van der Waals surface area contributed by atoms with E-state index in [0.717, 1.165) is 17.7 Å². The number of benzene rings is 2. The number of amides is 1. The van der Waals surface area contributed by atoms with Crippen molar-refractivity contribution in [2.45, 2.75) is 12.7 Å². The fourth-order valence-corrected chi connectivity index (χ4v) is 2.41. The summed E-state index contributed by atoms with van der Waals surface area (Å²) in [6, 6.07) is 9.52. The number of hydrogen-bond donors (Lipinski definition) is 0. The third-order valence-electron chi connectivity index (χ3n) is 3.66. The largest absolute Gasteiger partial charge is 0.454 e. The van der Waals surface area contributed by atoms with Gasteiger partial charge in [0.25, 0.3) is 5.91 Å². The molecule has 1 aliphatic rings. The Morgan fingerprint density at radius 2 is 1.75 bits per heavy atom.